The van der Waals surface area contributed by atoms with E-state index < -0.39 is 0 Å². The van der Waals surface area contributed by atoms with E-state index in [0.29, 0.717) is 23.8 Å². The molecule has 0 spiro atoms. The summed E-state index contributed by atoms with van der Waals surface area (Å²) in [5.41, 5.74) is 7.26. The Kier molecular flexibility index (Phi) is 3.71. The second kappa shape index (κ2) is 4.96. The van der Waals surface area contributed by atoms with Crippen LogP contribution in [0.3, 0.4) is 0 Å². The number of rotatable bonds is 2. The number of aliphatic hydroxyl groups is 1. The van der Waals surface area contributed by atoms with Gasteiger partial charge in [0.2, 0.25) is 0 Å². The van der Waals surface area contributed by atoms with Crippen LogP contribution in [-0.4, -0.2) is 36.5 Å². The first-order valence-corrected chi connectivity index (χ1v) is 6.38. The maximum atomic E-state index is 9.30. The lowest BCUT2D eigenvalue weighted by molar-refractivity contribution is -0.100. The van der Waals surface area contributed by atoms with Crippen molar-refractivity contribution in [2.75, 3.05) is 30.3 Å². The molecule has 2 rings (SSSR count). The van der Waals surface area contributed by atoms with E-state index in [1.807, 2.05) is 19.9 Å². The Bertz CT molecular complexity index is 437. The number of aliphatic hydroxyl groups excluding tert-OH is 1. The number of ether oxygens (including phenoxy) is 1. The van der Waals surface area contributed by atoms with Crippen LogP contribution < -0.4 is 10.6 Å². The predicted octanol–water partition coefficient (Wildman–Crippen LogP) is 1.90. The van der Waals surface area contributed by atoms with Gasteiger partial charge in [0.1, 0.15) is 0 Å². The normalized spacial score (nSPS) is 23.1. The maximum absolute atomic E-state index is 9.30. The number of anilines is 2. The van der Waals surface area contributed by atoms with Crippen LogP contribution in [0.25, 0.3) is 0 Å². The molecule has 0 bridgehead atoms. The maximum Gasteiger partial charge on any atom is 0.0988 e. The minimum Gasteiger partial charge on any atom is -0.397 e. The van der Waals surface area contributed by atoms with Crippen molar-refractivity contribution in [2.24, 2.45) is 0 Å². The molecule has 1 heterocycles. The number of nitrogens with two attached hydrogens (primary N) is 1. The van der Waals surface area contributed by atoms with Crippen LogP contribution in [0, 0.1) is 0 Å². The molecular weight excluding hydrogens is 252 g/mol. The van der Waals surface area contributed by atoms with Gasteiger partial charge in [-0.1, -0.05) is 11.6 Å². The molecule has 18 heavy (non-hydrogen) atoms. The third kappa shape index (κ3) is 2.88. The lowest BCUT2D eigenvalue weighted by Gasteiger charge is -2.43. The monoisotopic (exact) mass is 270 g/mol. The highest BCUT2D eigenvalue weighted by molar-refractivity contribution is 6.31. The Labute approximate surface area is 112 Å². The molecule has 1 aliphatic rings. The molecule has 1 aliphatic heterocycles. The Morgan fingerprint density at radius 3 is 2.94 bits per heavy atom. The number of hydrogen-bond acceptors (Lipinski definition) is 4. The lowest BCUT2D eigenvalue weighted by atomic mass is 10.0. The van der Waals surface area contributed by atoms with Gasteiger partial charge in [-0.15, -0.1) is 0 Å². The summed E-state index contributed by atoms with van der Waals surface area (Å²) in [4.78, 5) is 2.12. The zero-order valence-electron chi connectivity index (χ0n) is 10.7. The molecule has 0 aliphatic carbocycles. The van der Waals surface area contributed by atoms with Crippen molar-refractivity contribution in [1.29, 1.82) is 0 Å². The Morgan fingerprint density at radius 1 is 1.56 bits per heavy atom. The van der Waals surface area contributed by atoms with Crippen LogP contribution in [0.2, 0.25) is 5.02 Å². The summed E-state index contributed by atoms with van der Waals surface area (Å²) in [5, 5.41) is 9.96. The number of morpholine rings is 1. The van der Waals surface area contributed by atoms with E-state index in [1.54, 1.807) is 12.1 Å². The van der Waals surface area contributed by atoms with Gasteiger partial charge in [0.25, 0.3) is 0 Å². The molecule has 4 nitrogen and oxygen atoms in total. The molecule has 1 aromatic rings. The third-order valence-electron chi connectivity index (χ3n) is 3.02. The topological polar surface area (TPSA) is 58.7 Å². The molecule has 1 saturated heterocycles. The summed E-state index contributed by atoms with van der Waals surface area (Å²) in [5.74, 6) is 0. The van der Waals surface area contributed by atoms with Gasteiger partial charge >= 0.3 is 0 Å². The van der Waals surface area contributed by atoms with Gasteiger partial charge < -0.3 is 20.5 Å². The van der Waals surface area contributed by atoms with E-state index in [0.717, 1.165) is 5.69 Å². The fourth-order valence-electron chi connectivity index (χ4n) is 2.36. The molecule has 0 saturated carbocycles. The predicted molar refractivity (Wildman–Crippen MR) is 74.1 cm³/mol. The molecule has 0 amide bonds. The van der Waals surface area contributed by atoms with Crippen LogP contribution in [0.5, 0.6) is 0 Å². The van der Waals surface area contributed by atoms with Gasteiger partial charge in [-0.05, 0) is 32.0 Å². The minimum absolute atomic E-state index is 0.000397. The van der Waals surface area contributed by atoms with E-state index in [-0.39, 0.29) is 18.3 Å². The first-order chi connectivity index (χ1) is 8.41. The van der Waals surface area contributed by atoms with E-state index >= 15 is 0 Å². The Hall–Kier alpha value is -0.970. The van der Waals surface area contributed by atoms with Gasteiger partial charge in [-0.3, -0.25) is 0 Å². The van der Waals surface area contributed by atoms with Gasteiger partial charge in [-0.25, -0.2) is 0 Å². The van der Waals surface area contributed by atoms with Crippen LogP contribution >= 0.6 is 11.6 Å². The van der Waals surface area contributed by atoms with Crippen molar-refractivity contribution in [3.05, 3.63) is 23.2 Å². The Morgan fingerprint density at radius 2 is 2.28 bits per heavy atom. The van der Waals surface area contributed by atoms with Crippen LogP contribution in [-0.2, 0) is 4.74 Å². The summed E-state index contributed by atoms with van der Waals surface area (Å²) in [6, 6.07) is 5.43. The largest absolute Gasteiger partial charge is 0.397 e. The third-order valence-corrected chi connectivity index (χ3v) is 3.25. The smallest absolute Gasteiger partial charge is 0.0988 e. The molecule has 0 aromatic heterocycles. The second-order valence-electron chi connectivity index (χ2n) is 5.27. The van der Waals surface area contributed by atoms with Crippen molar-refractivity contribution in [3.8, 4) is 0 Å². The van der Waals surface area contributed by atoms with Crippen molar-refractivity contribution < 1.29 is 9.84 Å². The molecule has 1 fully saturated rings. The van der Waals surface area contributed by atoms with E-state index in [1.165, 1.54) is 0 Å². The van der Waals surface area contributed by atoms with E-state index in [4.69, 9.17) is 22.1 Å². The van der Waals surface area contributed by atoms with Crippen LogP contribution in [0.15, 0.2) is 18.2 Å². The quantitative estimate of drug-likeness (QED) is 0.806. The number of nitrogens with zero attached hydrogens (tertiary/aromatic N) is 1. The first kappa shape index (κ1) is 13.5. The number of benzene rings is 1. The lowest BCUT2D eigenvalue weighted by Crippen LogP contribution is -2.54. The average molecular weight is 271 g/mol. The van der Waals surface area contributed by atoms with Gasteiger partial charge in [-0.2, -0.15) is 0 Å². The number of nitrogen functional groups attached to an aromatic ring is 1. The molecule has 1 unspecified atom stereocenters. The van der Waals surface area contributed by atoms with Crippen LogP contribution in [0.1, 0.15) is 13.8 Å². The highest BCUT2D eigenvalue weighted by Crippen LogP contribution is 2.31. The summed E-state index contributed by atoms with van der Waals surface area (Å²) in [7, 11) is 0. The van der Waals surface area contributed by atoms with Gasteiger partial charge in [0.05, 0.1) is 29.7 Å². The second-order valence-corrected chi connectivity index (χ2v) is 5.70. The summed E-state index contributed by atoms with van der Waals surface area (Å²) < 4.78 is 5.78. The zero-order valence-corrected chi connectivity index (χ0v) is 11.4. The van der Waals surface area contributed by atoms with Crippen molar-refractivity contribution in [2.45, 2.75) is 25.6 Å². The molecule has 1 atom stereocenters. The standard InChI is InChI=1S/C13H19ClN2O2/c1-13(2)8-16(6-10(7-17)18-13)12-5-9(14)3-4-11(12)15/h3-5,10,17H,6-8,15H2,1-2H3. The van der Waals surface area contributed by atoms with Crippen LogP contribution in [0.4, 0.5) is 11.4 Å². The average Bonchev–Trinajstić information content (AvgIpc) is 2.30. The van der Waals surface area contributed by atoms with Crippen molar-refractivity contribution >= 4 is 23.0 Å². The Balaban J connectivity index is 2.29. The molecule has 1 aromatic carbocycles. The van der Waals surface area contributed by atoms with E-state index in [9.17, 15) is 5.11 Å². The number of halogens is 1. The SMILES string of the molecule is CC1(C)CN(c2cc(Cl)ccc2N)CC(CO)O1. The number of hydrogen-bond donors (Lipinski definition) is 2. The minimum atomic E-state index is -0.319. The summed E-state index contributed by atoms with van der Waals surface area (Å²) in [6.07, 6.45) is -0.202. The summed E-state index contributed by atoms with van der Waals surface area (Å²) >= 11 is 6.01. The highest BCUT2D eigenvalue weighted by Gasteiger charge is 2.33. The van der Waals surface area contributed by atoms with Crippen molar-refractivity contribution in [3.63, 3.8) is 0 Å². The van der Waals surface area contributed by atoms with Gasteiger partial charge in [0, 0.05) is 18.1 Å². The summed E-state index contributed by atoms with van der Waals surface area (Å²) in [6.45, 7) is 5.34. The fraction of sp³-hybridized carbons (Fsp3) is 0.538. The zero-order chi connectivity index (χ0) is 13.3. The molecule has 100 valence electrons. The molecular formula is C13H19ClN2O2. The molecule has 5 heteroatoms. The highest BCUT2D eigenvalue weighted by atomic mass is 35.5. The van der Waals surface area contributed by atoms with Gasteiger partial charge in [0.15, 0.2) is 0 Å². The molecule has 0 radical (unpaired) electrons. The van der Waals surface area contributed by atoms with Crippen molar-refractivity contribution in [1.82, 2.24) is 0 Å². The molecule has 3 N–H and O–H groups in total. The van der Waals surface area contributed by atoms with E-state index in [2.05, 4.69) is 4.90 Å². The first-order valence-electron chi connectivity index (χ1n) is 6.00. The fourth-order valence-corrected chi connectivity index (χ4v) is 2.53.